The van der Waals surface area contributed by atoms with Crippen LogP contribution in [-0.2, 0) is 16.4 Å². The summed E-state index contributed by atoms with van der Waals surface area (Å²) in [6.07, 6.45) is 2.86. The Hall–Kier alpha value is -0.390. The highest BCUT2D eigenvalue weighted by Crippen LogP contribution is 2.28. The fraction of sp³-hybridized carbons (Fsp3) is 0.625. The largest absolute Gasteiger partial charge is 0.243 e. The van der Waals surface area contributed by atoms with Gasteiger partial charge in [-0.1, -0.05) is 41.9 Å². The summed E-state index contributed by atoms with van der Waals surface area (Å²) < 4.78 is 26.9. The molecule has 0 radical (unpaired) electrons. The number of alkyl halides is 1. The van der Waals surface area contributed by atoms with Crippen LogP contribution in [0, 0.1) is 11.8 Å². The van der Waals surface area contributed by atoms with Crippen LogP contribution in [0.5, 0.6) is 0 Å². The van der Waals surface area contributed by atoms with E-state index in [0.717, 1.165) is 30.2 Å². The van der Waals surface area contributed by atoms with E-state index in [1.54, 1.807) is 16.4 Å². The van der Waals surface area contributed by atoms with Crippen molar-refractivity contribution >= 4 is 26.0 Å². The number of aryl methyl sites for hydroxylation is 1. The Balaban J connectivity index is 2.08. The van der Waals surface area contributed by atoms with E-state index in [2.05, 4.69) is 29.8 Å². The summed E-state index contributed by atoms with van der Waals surface area (Å²) in [4.78, 5) is 0.420. The maximum absolute atomic E-state index is 12.6. The average molecular weight is 374 g/mol. The van der Waals surface area contributed by atoms with Gasteiger partial charge in [-0.05, 0) is 48.8 Å². The quantitative estimate of drug-likeness (QED) is 0.738. The average Bonchev–Trinajstić information content (AvgIpc) is 2.48. The van der Waals surface area contributed by atoms with Crippen molar-refractivity contribution in [1.29, 1.82) is 0 Å². The van der Waals surface area contributed by atoms with Crippen LogP contribution >= 0.6 is 15.9 Å². The van der Waals surface area contributed by atoms with E-state index in [-0.39, 0.29) is 0 Å². The molecule has 0 atom stereocenters. The SMILES string of the molecule is CC(C)C1CCN(S(=O)(=O)c2ccc(CCBr)cc2)CC1. The van der Waals surface area contributed by atoms with Gasteiger partial charge in [0.15, 0.2) is 0 Å². The summed E-state index contributed by atoms with van der Waals surface area (Å²) in [5.74, 6) is 1.29. The van der Waals surface area contributed by atoms with Gasteiger partial charge in [0.2, 0.25) is 10.0 Å². The lowest BCUT2D eigenvalue weighted by molar-refractivity contribution is 0.226. The van der Waals surface area contributed by atoms with Crippen LogP contribution in [0.4, 0.5) is 0 Å². The van der Waals surface area contributed by atoms with Crippen LogP contribution in [0.2, 0.25) is 0 Å². The summed E-state index contributed by atoms with van der Waals surface area (Å²) in [6.45, 7) is 5.73. The van der Waals surface area contributed by atoms with Crippen LogP contribution in [0.25, 0.3) is 0 Å². The van der Waals surface area contributed by atoms with E-state index in [9.17, 15) is 8.42 Å². The predicted molar refractivity (Wildman–Crippen MR) is 90.3 cm³/mol. The van der Waals surface area contributed by atoms with Gasteiger partial charge in [0.1, 0.15) is 0 Å². The Bertz CT molecular complexity index is 546. The number of piperidine rings is 1. The smallest absolute Gasteiger partial charge is 0.207 e. The van der Waals surface area contributed by atoms with Crippen molar-refractivity contribution in [2.75, 3.05) is 18.4 Å². The lowest BCUT2D eigenvalue weighted by Crippen LogP contribution is -2.39. The van der Waals surface area contributed by atoms with Crippen LogP contribution in [-0.4, -0.2) is 31.1 Å². The topological polar surface area (TPSA) is 37.4 Å². The minimum atomic E-state index is -3.32. The van der Waals surface area contributed by atoms with Crippen molar-refractivity contribution in [3.63, 3.8) is 0 Å². The Kier molecular flexibility index (Phi) is 5.86. The van der Waals surface area contributed by atoms with Gasteiger partial charge in [-0.15, -0.1) is 0 Å². The van der Waals surface area contributed by atoms with E-state index < -0.39 is 10.0 Å². The minimum absolute atomic E-state index is 0.420. The Morgan fingerprint density at radius 2 is 1.76 bits per heavy atom. The van der Waals surface area contributed by atoms with E-state index in [4.69, 9.17) is 0 Å². The fourth-order valence-corrected chi connectivity index (χ4v) is 4.80. The molecule has 1 saturated heterocycles. The molecule has 0 aromatic heterocycles. The van der Waals surface area contributed by atoms with E-state index in [1.807, 2.05) is 12.1 Å². The first-order chi connectivity index (χ1) is 9.95. The molecule has 5 heteroatoms. The minimum Gasteiger partial charge on any atom is -0.207 e. The number of hydrogen-bond acceptors (Lipinski definition) is 2. The zero-order chi connectivity index (χ0) is 15.5. The third-order valence-corrected chi connectivity index (χ3v) is 6.70. The number of sulfonamides is 1. The van der Waals surface area contributed by atoms with E-state index >= 15 is 0 Å². The molecule has 0 bridgehead atoms. The molecule has 3 nitrogen and oxygen atoms in total. The molecule has 118 valence electrons. The maximum atomic E-state index is 12.6. The maximum Gasteiger partial charge on any atom is 0.243 e. The fourth-order valence-electron chi connectivity index (χ4n) is 2.87. The summed E-state index contributed by atoms with van der Waals surface area (Å²) >= 11 is 3.40. The second-order valence-corrected chi connectivity index (χ2v) is 8.80. The predicted octanol–water partition coefficient (Wildman–Crippen LogP) is 3.68. The molecule has 1 aromatic carbocycles. The van der Waals surface area contributed by atoms with Crippen LogP contribution in [0.3, 0.4) is 0 Å². The van der Waals surface area contributed by atoms with E-state index in [0.29, 0.717) is 29.8 Å². The molecule has 0 amide bonds. The zero-order valence-electron chi connectivity index (χ0n) is 12.8. The molecule has 1 fully saturated rings. The number of halogens is 1. The molecule has 0 aliphatic carbocycles. The molecule has 0 N–H and O–H groups in total. The molecule has 1 heterocycles. The van der Waals surface area contributed by atoms with Crippen molar-refractivity contribution in [2.24, 2.45) is 11.8 Å². The Morgan fingerprint density at radius 1 is 1.19 bits per heavy atom. The van der Waals surface area contributed by atoms with Gasteiger partial charge in [0.25, 0.3) is 0 Å². The van der Waals surface area contributed by atoms with Gasteiger partial charge in [-0.3, -0.25) is 0 Å². The van der Waals surface area contributed by atoms with Gasteiger partial charge in [0, 0.05) is 18.4 Å². The van der Waals surface area contributed by atoms with Gasteiger partial charge in [-0.2, -0.15) is 4.31 Å². The highest BCUT2D eigenvalue weighted by atomic mass is 79.9. The zero-order valence-corrected chi connectivity index (χ0v) is 15.2. The molecule has 1 aliphatic rings. The molecule has 0 spiro atoms. The highest BCUT2D eigenvalue weighted by Gasteiger charge is 2.30. The van der Waals surface area contributed by atoms with Gasteiger partial charge >= 0.3 is 0 Å². The summed E-state index contributed by atoms with van der Waals surface area (Å²) in [5, 5.41) is 0.891. The molecule has 21 heavy (non-hydrogen) atoms. The number of rotatable bonds is 5. The Labute approximate surface area is 136 Å². The second kappa shape index (κ2) is 7.25. The standard InChI is InChI=1S/C16H24BrNO2S/c1-13(2)15-8-11-18(12-9-15)21(19,20)16-5-3-14(4-6-16)7-10-17/h3-6,13,15H,7-12H2,1-2H3. The van der Waals surface area contributed by atoms with Crippen molar-refractivity contribution in [3.05, 3.63) is 29.8 Å². The van der Waals surface area contributed by atoms with Crippen molar-refractivity contribution in [3.8, 4) is 0 Å². The summed E-state index contributed by atoms with van der Waals surface area (Å²) in [6, 6.07) is 7.30. The van der Waals surface area contributed by atoms with Gasteiger partial charge in [-0.25, -0.2) is 8.42 Å². The molecule has 0 saturated carbocycles. The number of nitrogens with zero attached hydrogens (tertiary/aromatic N) is 1. The second-order valence-electron chi connectivity index (χ2n) is 6.07. The van der Waals surface area contributed by atoms with E-state index in [1.165, 1.54) is 0 Å². The number of benzene rings is 1. The van der Waals surface area contributed by atoms with Gasteiger partial charge in [0.05, 0.1) is 4.90 Å². The van der Waals surface area contributed by atoms with Crippen molar-refractivity contribution in [1.82, 2.24) is 4.31 Å². The van der Waals surface area contributed by atoms with Gasteiger partial charge < -0.3 is 0 Å². The first kappa shape index (κ1) is 17.0. The number of hydrogen-bond donors (Lipinski definition) is 0. The van der Waals surface area contributed by atoms with Crippen molar-refractivity contribution < 1.29 is 8.42 Å². The lowest BCUT2D eigenvalue weighted by atomic mass is 9.87. The first-order valence-corrected chi connectivity index (χ1v) is 10.2. The summed E-state index contributed by atoms with van der Waals surface area (Å²) in [7, 11) is -3.32. The Morgan fingerprint density at radius 3 is 2.24 bits per heavy atom. The molecule has 1 aromatic rings. The molecule has 2 rings (SSSR count). The monoisotopic (exact) mass is 373 g/mol. The molecular formula is C16H24BrNO2S. The highest BCUT2D eigenvalue weighted by molar-refractivity contribution is 9.09. The molecule has 0 unspecified atom stereocenters. The first-order valence-electron chi connectivity index (χ1n) is 7.60. The molecular weight excluding hydrogens is 350 g/mol. The van der Waals surface area contributed by atoms with Crippen LogP contribution < -0.4 is 0 Å². The molecule has 1 aliphatic heterocycles. The van der Waals surface area contributed by atoms with Crippen LogP contribution in [0.15, 0.2) is 29.2 Å². The lowest BCUT2D eigenvalue weighted by Gasteiger charge is -2.33. The normalized spacial score (nSPS) is 18.3. The van der Waals surface area contributed by atoms with Crippen LogP contribution in [0.1, 0.15) is 32.3 Å². The summed E-state index contributed by atoms with van der Waals surface area (Å²) in [5.41, 5.74) is 1.16. The third kappa shape index (κ3) is 4.08. The third-order valence-electron chi connectivity index (χ3n) is 4.39. The van der Waals surface area contributed by atoms with Crippen molar-refractivity contribution in [2.45, 2.75) is 38.0 Å².